The maximum atomic E-state index is 12.3. The van der Waals surface area contributed by atoms with Crippen molar-refractivity contribution in [2.24, 2.45) is 0 Å². The normalized spacial score (nSPS) is 10.9. The van der Waals surface area contributed by atoms with Crippen molar-refractivity contribution in [3.05, 3.63) is 70.1 Å². The van der Waals surface area contributed by atoms with E-state index in [1.165, 1.54) is 11.3 Å². The lowest BCUT2D eigenvalue weighted by molar-refractivity contribution is -0.124. The molecule has 28 heavy (non-hydrogen) atoms. The minimum Gasteiger partial charge on any atom is -0.451 e. The van der Waals surface area contributed by atoms with Gasteiger partial charge in [-0.05, 0) is 35.7 Å². The van der Waals surface area contributed by atoms with Gasteiger partial charge < -0.3 is 14.6 Å². The molecule has 3 heterocycles. The molecule has 4 aromatic rings. The summed E-state index contributed by atoms with van der Waals surface area (Å²) in [5.74, 6) is -0.825. The number of esters is 1. The third kappa shape index (κ3) is 4.13. The van der Waals surface area contributed by atoms with Crippen LogP contribution >= 0.6 is 22.7 Å². The molecule has 0 radical (unpaired) electrons. The molecule has 8 heteroatoms. The summed E-state index contributed by atoms with van der Waals surface area (Å²) in [4.78, 5) is 29.3. The number of hydrogen-bond acceptors (Lipinski definition) is 6. The zero-order valence-electron chi connectivity index (χ0n) is 14.8. The van der Waals surface area contributed by atoms with Crippen molar-refractivity contribution >= 4 is 44.8 Å². The first-order valence-electron chi connectivity index (χ1n) is 8.70. The van der Waals surface area contributed by atoms with Crippen LogP contribution in [-0.2, 0) is 16.0 Å². The zero-order valence-corrected chi connectivity index (χ0v) is 16.5. The maximum Gasteiger partial charge on any atom is 0.350 e. The molecule has 4 rings (SSSR count). The van der Waals surface area contributed by atoms with E-state index in [0.29, 0.717) is 17.8 Å². The van der Waals surface area contributed by atoms with Crippen LogP contribution in [0.4, 0.5) is 0 Å². The summed E-state index contributed by atoms with van der Waals surface area (Å²) >= 11 is 2.91. The van der Waals surface area contributed by atoms with Gasteiger partial charge >= 0.3 is 5.97 Å². The van der Waals surface area contributed by atoms with Crippen molar-refractivity contribution in [2.45, 2.75) is 6.42 Å². The number of amides is 1. The molecule has 0 fully saturated rings. The average molecular weight is 412 g/mol. The number of hydrogen-bond donors (Lipinski definition) is 1. The van der Waals surface area contributed by atoms with Crippen molar-refractivity contribution < 1.29 is 14.3 Å². The molecule has 0 aliphatic carbocycles. The number of ether oxygens (including phenoxy) is 1. The molecule has 1 aromatic carbocycles. The number of thiazole rings is 1. The number of nitrogens with zero attached hydrogens (tertiary/aromatic N) is 2. The molecule has 0 atom stereocenters. The number of para-hydroxylation sites is 1. The van der Waals surface area contributed by atoms with E-state index in [2.05, 4.69) is 10.3 Å². The highest BCUT2D eigenvalue weighted by Gasteiger charge is 2.17. The van der Waals surface area contributed by atoms with Crippen molar-refractivity contribution in [1.82, 2.24) is 14.9 Å². The molecule has 0 saturated carbocycles. The highest BCUT2D eigenvalue weighted by Crippen LogP contribution is 2.23. The van der Waals surface area contributed by atoms with Crippen LogP contribution in [0.5, 0.6) is 0 Å². The summed E-state index contributed by atoms with van der Waals surface area (Å²) in [6, 6.07) is 13.5. The molecule has 0 saturated heterocycles. The summed E-state index contributed by atoms with van der Waals surface area (Å²) in [7, 11) is 0. The lowest BCUT2D eigenvalue weighted by Crippen LogP contribution is -2.30. The Hall–Kier alpha value is -2.97. The molecule has 0 spiro atoms. The molecule has 1 amide bonds. The second kappa shape index (κ2) is 8.37. The number of carbonyl (C=O) groups excluding carboxylic acids is 2. The summed E-state index contributed by atoms with van der Waals surface area (Å²) < 4.78 is 8.14. The van der Waals surface area contributed by atoms with E-state index in [9.17, 15) is 9.59 Å². The van der Waals surface area contributed by atoms with Crippen LogP contribution < -0.4 is 5.32 Å². The average Bonchev–Trinajstić information content (AvgIpc) is 3.45. The van der Waals surface area contributed by atoms with E-state index in [-0.39, 0.29) is 12.5 Å². The van der Waals surface area contributed by atoms with E-state index in [1.807, 2.05) is 64.8 Å². The number of fused-ring (bicyclic) bond motifs is 1. The first-order chi connectivity index (χ1) is 13.7. The zero-order chi connectivity index (χ0) is 19.3. The topological polar surface area (TPSA) is 73.2 Å². The van der Waals surface area contributed by atoms with Gasteiger partial charge in [-0.25, -0.2) is 9.78 Å². The molecule has 0 aliphatic heterocycles. The van der Waals surface area contributed by atoms with Gasteiger partial charge in [0.2, 0.25) is 0 Å². The number of thiophene rings is 1. The molecule has 0 aliphatic rings. The molecular weight excluding hydrogens is 394 g/mol. The lowest BCUT2D eigenvalue weighted by atomic mass is 10.3. The summed E-state index contributed by atoms with van der Waals surface area (Å²) in [5.41, 5.74) is 1.72. The number of carbonyl (C=O) groups is 2. The number of nitrogens with one attached hydrogen (secondary N) is 1. The molecule has 0 bridgehead atoms. The molecule has 1 N–H and O–H groups in total. The summed E-state index contributed by atoms with van der Waals surface area (Å²) in [6.45, 7) is 0.144. The summed E-state index contributed by atoms with van der Waals surface area (Å²) in [5, 5.41) is 5.56. The van der Waals surface area contributed by atoms with E-state index in [4.69, 9.17) is 4.74 Å². The molecule has 3 aromatic heterocycles. The molecular formula is C20H17N3O3S2. The van der Waals surface area contributed by atoms with Gasteiger partial charge in [0.15, 0.2) is 6.61 Å². The SMILES string of the molecule is O=C(COC(=O)c1sccc1-n1cccc1)NCCc1nc2ccccc2s1. The van der Waals surface area contributed by atoms with Gasteiger partial charge in [0, 0.05) is 25.4 Å². The van der Waals surface area contributed by atoms with E-state index in [0.717, 1.165) is 20.9 Å². The smallest absolute Gasteiger partial charge is 0.350 e. The van der Waals surface area contributed by atoms with Crippen molar-refractivity contribution in [3.63, 3.8) is 0 Å². The molecule has 142 valence electrons. The number of aromatic nitrogens is 2. The first-order valence-corrected chi connectivity index (χ1v) is 10.4. The Morgan fingerprint density at radius 3 is 2.75 bits per heavy atom. The fraction of sp³-hybridized carbons (Fsp3) is 0.150. The van der Waals surface area contributed by atoms with Crippen LogP contribution in [0.15, 0.2) is 60.2 Å². The third-order valence-electron chi connectivity index (χ3n) is 4.05. The van der Waals surface area contributed by atoms with Crippen LogP contribution in [0.2, 0.25) is 0 Å². The van der Waals surface area contributed by atoms with Gasteiger partial charge in [0.25, 0.3) is 5.91 Å². The Bertz CT molecular complexity index is 1070. The van der Waals surface area contributed by atoms with E-state index in [1.54, 1.807) is 11.3 Å². The monoisotopic (exact) mass is 411 g/mol. The second-order valence-electron chi connectivity index (χ2n) is 5.98. The standard InChI is InChI=1S/C20H17N3O3S2/c24-17(21-9-7-18-22-14-5-1-2-6-16(14)28-18)13-26-20(25)19-15(8-12-27-19)23-10-3-4-11-23/h1-6,8,10-12H,7,9,13H2,(H,21,24). The van der Waals surface area contributed by atoms with E-state index < -0.39 is 5.97 Å². The Kier molecular flexibility index (Phi) is 5.50. The van der Waals surface area contributed by atoms with Gasteiger partial charge in [-0.3, -0.25) is 4.79 Å². The van der Waals surface area contributed by atoms with Gasteiger partial charge in [-0.1, -0.05) is 12.1 Å². The van der Waals surface area contributed by atoms with Crippen molar-refractivity contribution in [2.75, 3.05) is 13.2 Å². The Labute approximate surface area is 169 Å². The van der Waals surface area contributed by atoms with Crippen molar-refractivity contribution in [3.8, 4) is 5.69 Å². The van der Waals surface area contributed by atoms with Gasteiger partial charge in [-0.2, -0.15) is 0 Å². The van der Waals surface area contributed by atoms with Crippen LogP contribution in [-0.4, -0.2) is 34.6 Å². The van der Waals surface area contributed by atoms with Crippen LogP contribution in [0.25, 0.3) is 15.9 Å². The third-order valence-corrected chi connectivity index (χ3v) is 6.03. The Morgan fingerprint density at radius 2 is 1.93 bits per heavy atom. The minimum atomic E-state index is -0.500. The molecule has 0 unspecified atom stereocenters. The number of rotatable bonds is 7. The maximum absolute atomic E-state index is 12.3. The van der Waals surface area contributed by atoms with E-state index >= 15 is 0 Å². The minimum absolute atomic E-state index is 0.304. The van der Waals surface area contributed by atoms with Crippen LogP contribution in [0.1, 0.15) is 14.7 Å². The van der Waals surface area contributed by atoms with Gasteiger partial charge in [-0.15, -0.1) is 22.7 Å². The molecule has 6 nitrogen and oxygen atoms in total. The highest BCUT2D eigenvalue weighted by atomic mass is 32.1. The Balaban J connectivity index is 1.25. The fourth-order valence-corrected chi connectivity index (χ4v) is 4.49. The van der Waals surface area contributed by atoms with Gasteiger partial charge in [0.05, 0.1) is 20.9 Å². The van der Waals surface area contributed by atoms with Crippen LogP contribution in [0, 0.1) is 0 Å². The largest absolute Gasteiger partial charge is 0.451 e. The van der Waals surface area contributed by atoms with Gasteiger partial charge in [0.1, 0.15) is 4.88 Å². The predicted octanol–water partition coefficient (Wildman–Crippen LogP) is 3.66. The van der Waals surface area contributed by atoms with Crippen molar-refractivity contribution in [1.29, 1.82) is 0 Å². The quantitative estimate of drug-likeness (QED) is 0.471. The fourth-order valence-electron chi connectivity index (χ4n) is 2.74. The predicted molar refractivity (Wildman–Crippen MR) is 110 cm³/mol. The highest BCUT2D eigenvalue weighted by molar-refractivity contribution is 7.18. The number of benzene rings is 1. The summed E-state index contributed by atoms with van der Waals surface area (Å²) in [6.07, 6.45) is 4.35. The lowest BCUT2D eigenvalue weighted by Gasteiger charge is -2.07. The second-order valence-corrected chi connectivity index (χ2v) is 8.01. The Morgan fingerprint density at radius 1 is 1.11 bits per heavy atom. The first kappa shape index (κ1) is 18.4. The van der Waals surface area contributed by atoms with Crippen LogP contribution in [0.3, 0.4) is 0 Å².